The Morgan fingerprint density at radius 1 is 1.32 bits per heavy atom. The van der Waals surface area contributed by atoms with Gasteiger partial charge in [-0.25, -0.2) is 21.9 Å². The number of rotatable bonds is 4. The molecule has 1 atom stereocenters. The average Bonchev–Trinajstić information content (AvgIpc) is 2.24. The number of hydrogen-bond acceptors (Lipinski definition) is 3. The molecule has 0 aliphatic rings. The SMILES string of the molecule is CC(C)(C)C(O)CNS(=O)(=O)c1ccc(F)cc1F. The maximum atomic E-state index is 13.4. The number of aliphatic hydroxyl groups is 1. The second-order valence-electron chi connectivity index (χ2n) is 5.31. The van der Waals surface area contributed by atoms with Crippen LogP contribution in [-0.4, -0.2) is 26.2 Å². The van der Waals surface area contributed by atoms with E-state index < -0.39 is 38.1 Å². The van der Waals surface area contributed by atoms with Crippen LogP contribution in [0.25, 0.3) is 0 Å². The molecular weight excluding hydrogens is 276 g/mol. The van der Waals surface area contributed by atoms with Crippen molar-refractivity contribution < 1.29 is 22.3 Å². The van der Waals surface area contributed by atoms with E-state index in [9.17, 15) is 22.3 Å². The van der Waals surface area contributed by atoms with Crippen LogP contribution >= 0.6 is 0 Å². The number of sulfonamides is 1. The predicted molar refractivity (Wildman–Crippen MR) is 67.0 cm³/mol. The predicted octanol–water partition coefficient (Wildman–Crippen LogP) is 1.65. The molecular formula is C12H17F2NO3S. The van der Waals surface area contributed by atoms with E-state index >= 15 is 0 Å². The topological polar surface area (TPSA) is 66.4 Å². The van der Waals surface area contributed by atoms with Crippen LogP contribution in [0.15, 0.2) is 23.1 Å². The summed E-state index contributed by atoms with van der Waals surface area (Å²) in [6.07, 6.45) is -0.925. The van der Waals surface area contributed by atoms with E-state index in [-0.39, 0.29) is 6.54 Å². The molecule has 0 saturated heterocycles. The number of benzene rings is 1. The van der Waals surface area contributed by atoms with Crippen molar-refractivity contribution in [3.63, 3.8) is 0 Å². The molecule has 0 radical (unpaired) electrons. The zero-order valence-corrected chi connectivity index (χ0v) is 11.8. The minimum absolute atomic E-state index is 0.247. The normalized spacial score (nSPS) is 14.4. The van der Waals surface area contributed by atoms with E-state index in [0.29, 0.717) is 6.07 Å². The van der Waals surface area contributed by atoms with Crippen molar-refractivity contribution in [1.82, 2.24) is 4.72 Å². The van der Waals surface area contributed by atoms with Gasteiger partial charge < -0.3 is 5.11 Å². The van der Waals surface area contributed by atoms with Crippen molar-refractivity contribution in [3.8, 4) is 0 Å². The van der Waals surface area contributed by atoms with Crippen molar-refractivity contribution in [2.24, 2.45) is 5.41 Å². The molecule has 1 unspecified atom stereocenters. The molecule has 0 aliphatic heterocycles. The largest absolute Gasteiger partial charge is 0.391 e. The first-order valence-corrected chi connectivity index (χ1v) is 7.15. The number of nitrogens with one attached hydrogen (secondary N) is 1. The molecule has 2 N–H and O–H groups in total. The van der Waals surface area contributed by atoms with Crippen molar-refractivity contribution in [1.29, 1.82) is 0 Å². The molecule has 19 heavy (non-hydrogen) atoms. The van der Waals surface area contributed by atoms with Gasteiger partial charge >= 0.3 is 0 Å². The third kappa shape index (κ3) is 4.22. The summed E-state index contributed by atoms with van der Waals surface area (Å²) in [6, 6.07) is 2.20. The van der Waals surface area contributed by atoms with E-state index in [0.717, 1.165) is 12.1 Å². The van der Waals surface area contributed by atoms with E-state index in [4.69, 9.17) is 0 Å². The standard InChI is InChI=1S/C12H17F2NO3S/c1-12(2,3)11(16)7-15-19(17,18)10-5-4-8(13)6-9(10)14/h4-6,11,15-16H,7H2,1-3H3. The lowest BCUT2D eigenvalue weighted by Crippen LogP contribution is -2.39. The van der Waals surface area contributed by atoms with Gasteiger partial charge in [-0.15, -0.1) is 0 Å². The fourth-order valence-corrected chi connectivity index (χ4v) is 2.36. The first-order valence-electron chi connectivity index (χ1n) is 5.67. The molecule has 108 valence electrons. The summed E-state index contributed by atoms with van der Waals surface area (Å²) < 4.78 is 51.8. The van der Waals surface area contributed by atoms with Gasteiger partial charge in [0.2, 0.25) is 10.0 Å². The average molecular weight is 293 g/mol. The minimum atomic E-state index is -4.11. The van der Waals surface area contributed by atoms with E-state index in [1.807, 2.05) is 0 Å². The first kappa shape index (κ1) is 16.0. The molecule has 4 nitrogen and oxygen atoms in total. The highest BCUT2D eigenvalue weighted by Crippen LogP contribution is 2.20. The molecule has 1 aromatic carbocycles. The fourth-order valence-electron chi connectivity index (χ4n) is 1.27. The maximum Gasteiger partial charge on any atom is 0.243 e. The molecule has 0 aromatic heterocycles. The zero-order valence-electron chi connectivity index (χ0n) is 10.9. The van der Waals surface area contributed by atoms with Gasteiger partial charge in [-0.1, -0.05) is 20.8 Å². The summed E-state index contributed by atoms with van der Waals surface area (Å²) >= 11 is 0. The Kier molecular flexibility index (Phi) is 4.65. The summed E-state index contributed by atoms with van der Waals surface area (Å²) in [5.41, 5.74) is -0.510. The monoisotopic (exact) mass is 293 g/mol. The van der Waals surface area contributed by atoms with E-state index in [1.54, 1.807) is 20.8 Å². The van der Waals surface area contributed by atoms with Gasteiger partial charge in [-0.2, -0.15) is 0 Å². The van der Waals surface area contributed by atoms with Crippen LogP contribution in [0.2, 0.25) is 0 Å². The van der Waals surface area contributed by atoms with Crippen LogP contribution in [-0.2, 0) is 10.0 Å². The Bertz CT molecular complexity index is 553. The third-order valence-electron chi connectivity index (χ3n) is 2.65. The second-order valence-corrected chi connectivity index (χ2v) is 7.04. The van der Waals surface area contributed by atoms with Crippen molar-refractivity contribution in [3.05, 3.63) is 29.8 Å². The molecule has 0 bridgehead atoms. The summed E-state index contributed by atoms with van der Waals surface area (Å²) in [5, 5.41) is 9.73. The quantitative estimate of drug-likeness (QED) is 0.887. The van der Waals surface area contributed by atoms with Crippen molar-refractivity contribution >= 4 is 10.0 Å². The molecule has 0 amide bonds. The number of halogens is 2. The molecule has 1 aromatic rings. The lowest BCUT2D eigenvalue weighted by molar-refractivity contribution is 0.0677. The lowest BCUT2D eigenvalue weighted by atomic mass is 9.89. The van der Waals surface area contributed by atoms with Gasteiger partial charge in [-0.05, 0) is 17.5 Å². The first-order chi connectivity index (χ1) is 8.54. The van der Waals surface area contributed by atoms with Crippen molar-refractivity contribution in [2.75, 3.05) is 6.54 Å². The van der Waals surface area contributed by atoms with Gasteiger partial charge in [0.05, 0.1) is 6.10 Å². The zero-order chi connectivity index (χ0) is 14.8. The molecule has 0 aliphatic carbocycles. The Morgan fingerprint density at radius 2 is 1.89 bits per heavy atom. The van der Waals surface area contributed by atoms with Gasteiger partial charge in [-0.3, -0.25) is 0 Å². The number of hydrogen-bond donors (Lipinski definition) is 2. The molecule has 0 saturated carbocycles. The summed E-state index contributed by atoms with van der Waals surface area (Å²) in [5.74, 6) is -2.02. The van der Waals surface area contributed by atoms with Crippen LogP contribution < -0.4 is 4.72 Å². The second kappa shape index (κ2) is 5.52. The van der Waals surface area contributed by atoms with E-state index in [2.05, 4.69) is 4.72 Å². The highest BCUT2D eigenvalue weighted by atomic mass is 32.2. The van der Waals surface area contributed by atoms with Crippen LogP contribution in [0, 0.1) is 17.0 Å². The third-order valence-corrected chi connectivity index (χ3v) is 4.11. The summed E-state index contributed by atoms with van der Waals surface area (Å²) in [7, 11) is -4.11. The highest BCUT2D eigenvalue weighted by Gasteiger charge is 2.25. The van der Waals surface area contributed by atoms with Gasteiger partial charge in [0.25, 0.3) is 0 Å². The van der Waals surface area contributed by atoms with Crippen LogP contribution in [0.1, 0.15) is 20.8 Å². The Hall–Kier alpha value is -1.05. The number of aliphatic hydroxyl groups excluding tert-OH is 1. The van der Waals surface area contributed by atoms with Gasteiger partial charge in [0, 0.05) is 12.6 Å². The Morgan fingerprint density at radius 3 is 2.37 bits per heavy atom. The van der Waals surface area contributed by atoms with Crippen LogP contribution in [0.5, 0.6) is 0 Å². The smallest absolute Gasteiger partial charge is 0.243 e. The summed E-state index contributed by atoms with van der Waals surface area (Å²) in [6.45, 7) is 4.97. The molecule has 0 spiro atoms. The fraction of sp³-hybridized carbons (Fsp3) is 0.500. The van der Waals surface area contributed by atoms with Gasteiger partial charge in [0.1, 0.15) is 16.5 Å². The maximum absolute atomic E-state index is 13.4. The molecule has 1 rings (SSSR count). The lowest BCUT2D eigenvalue weighted by Gasteiger charge is -2.25. The van der Waals surface area contributed by atoms with E-state index in [1.165, 1.54) is 0 Å². The van der Waals surface area contributed by atoms with Gasteiger partial charge in [0.15, 0.2) is 0 Å². The molecule has 0 fully saturated rings. The van der Waals surface area contributed by atoms with Crippen molar-refractivity contribution in [2.45, 2.75) is 31.8 Å². The van der Waals surface area contributed by atoms with Crippen LogP contribution in [0.4, 0.5) is 8.78 Å². The van der Waals surface area contributed by atoms with Crippen LogP contribution in [0.3, 0.4) is 0 Å². The molecule has 0 heterocycles. The Labute approximate surface area is 111 Å². The highest BCUT2D eigenvalue weighted by molar-refractivity contribution is 7.89. The molecule has 7 heteroatoms. The Balaban J connectivity index is 2.88. The summed E-state index contributed by atoms with van der Waals surface area (Å²) in [4.78, 5) is -0.644. The minimum Gasteiger partial charge on any atom is -0.391 e.